The van der Waals surface area contributed by atoms with Gasteiger partial charge in [0, 0.05) is 16.6 Å². The zero-order valence-electron chi connectivity index (χ0n) is 14.1. The monoisotopic (exact) mass is 383 g/mol. The summed E-state index contributed by atoms with van der Waals surface area (Å²) in [5.74, 6) is -1.59. The summed E-state index contributed by atoms with van der Waals surface area (Å²) in [6.07, 6.45) is 0.330. The summed E-state index contributed by atoms with van der Waals surface area (Å²) in [5.41, 5.74) is 0.790. The van der Waals surface area contributed by atoms with Crippen LogP contribution in [0.1, 0.15) is 36.8 Å². The molecule has 0 spiro atoms. The molecule has 4 rings (SSSR count). The quantitative estimate of drug-likeness (QED) is 0.381. The molecule has 5 nitrogen and oxygen atoms in total. The van der Waals surface area contributed by atoms with Crippen molar-refractivity contribution < 1.29 is 23.5 Å². The normalized spacial score (nSPS) is 13.3. The summed E-state index contributed by atoms with van der Waals surface area (Å²) < 4.78 is 19.6. The maximum atomic E-state index is 13.7. The summed E-state index contributed by atoms with van der Waals surface area (Å²) in [6.45, 7) is 0.226. The second kappa shape index (κ2) is 6.92. The first-order chi connectivity index (χ1) is 13.1. The van der Waals surface area contributed by atoms with Crippen molar-refractivity contribution in [1.82, 2.24) is 4.90 Å². The van der Waals surface area contributed by atoms with Crippen LogP contribution in [0.15, 0.2) is 48.5 Å². The lowest BCUT2D eigenvalue weighted by Gasteiger charge is -2.13. The fraction of sp³-hybridized carbons (Fsp3) is 0.150. The van der Waals surface area contributed by atoms with E-state index in [4.69, 9.17) is 4.74 Å². The Hall–Kier alpha value is -3.06. The van der Waals surface area contributed by atoms with Crippen molar-refractivity contribution in [2.45, 2.75) is 6.42 Å². The van der Waals surface area contributed by atoms with Crippen molar-refractivity contribution in [3.8, 4) is 0 Å². The van der Waals surface area contributed by atoms with Gasteiger partial charge in [-0.05, 0) is 36.8 Å². The largest absolute Gasteiger partial charge is 0.461 e. The van der Waals surface area contributed by atoms with E-state index in [1.807, 2.05) is 0 Å². The minimum absolute atomic E-state index is 0.0585. The van der Waals surface area contributed by atoms with Crippen LogP contribution in [0.25, 0.3) is 10.1 Å². The van der Waals surface area contributed by atoms with Crippen LogP contribution < -0.4 is 0 Å². The predicted molar refractivity (Wildman–Crippen MR) is 98.5 cm³/mol. The van der Waals surface area contributed by atoms with E-state index in [0.717, 1.165) is 16.2 Å². The molecule has 1 aromatic heterocycles. The first-order valence-electron chi connectivity index (χ1n) is 8.36. The van der Waals surface area contributed by atoms with E-state index in [-0.39, 0.29) is 30.8 Å². The molecule has 0 fully saturated rings. The molecule has 1 aliphatic rings. The highest BCUT2D eigenvalue weighted by molar-refractivity contribution is 7.20. The number of esters is 1. The maximum Gasteiger partial charge on any atom is 0.348 e. The summed E-state index contributed by atoms with van der Waals surface area (Å²) in [6, 6.07) is 12.8. The van der Waals surface area contributed by atoms with E-state index in [2.05, 4.69) is 0 Å². The molecule has 2 heterocycles. The van der Waals surface area contributed by atoms with Crippen molar-refractivity contribution in [2.24, 2.45) is 0 Å². The summed E-state index contributed by atoms with van der Waals surface area (Å²) in [4.78, 5) is 38.1. The Bertz CT molecular complexity index is 1040. The average molecular weight is 383 g/mol. The molecule has 0 aliphatic carbocycles. The lowest BCUT2D eigenvalue weighted by Crippen LogP contribution is -2.31. The van der Waals surface area contributed by atoms with Gasteiger partial charge in [-0.3, -0.25) is 14.5 Å². The molecular formula is C20H14FNO4S. The number of thiophene rings is 1. The molecule has 3 aromatic rings. The summed E-state index contributed by atoms with van der Waals surface area (Å²) in [7, 11) is 0. The van der Waals surface area contributed by atoms with E-state index < -0.39 is 5.97 Å². The zero-order chi connectivity index (χ0) is 19.0. The number of imide groups is 1. The van der Waals surface area contributed by atoms with Crippen LogP contribution in [0.3, 0.4) is 0 Å². The van der Waals surface area contributed by atoms with Crippen LogP contribution in [0.2, 0.25) is 0 Å². The van der Waals surface area contributed by atoms with Crippen LogP contribution >= 0.6 is 11.3 Å². The molecule has 0 bridgehead atoms. The number of carbonyl (C=O) groups is 3. The van der Waals surface area contributed by atoms with Gasteiger partial charge in [-0.15, -0.1) is 11.3 Å². The Morgan fingerprint density at radius 2 is 1.74 bits per heavy atom. The van der Waals surface area contributed by atoms with Gasteiger partial charge in [0.15, 0.2) is 0 Å². The fourth-order valence-electron chi connectivity index (χ4n) is 3.03. The van der Waals surface area contributed by atoms with E-state index in [1.54, 1.807) is 36.4 Å². The molecule has 0 saturated carbocycles. The van der Waals surface area contributed by atoms with Crippen molar-refractivity contribution in [3.05, 3.63) is 70.4 Å². The molecule has 0 saturated heterocycles. The Balaban J connectivity index is 1.34. The summed E-state index contributed by atoms with van der Waals surface area (Å²) >= 11 is 1.16. The van der Waals surface area contributed by atoms with Gasteiger partial charge in [0.1, 0.15) is 10.7 Å². The molecule has 1 aliphatic heterocycles. The molecule has 0 unspecified atom stereocenters. The van der Waals surface area contributed by atoms with Crippen molar-refractivity contribution >= 4 is 39.2 Å². The zero-order valence-corrected chi connectivity index (χ0v) is 14.9. The first-order valence-corrected chi connectivity index (χ1v) is 9.18. The summed E-state index contributed by atoms with van der Waals surface area (Å²) in [5, 5.41) is 0.389. The van der Waals surface area contributed by atoms with E-state index in [1.165, 1.54) is 12.1 Å². The molecular weight excluding hydrogens is 369 g/mol. The highest BCUT2D eigenvalue weighted by Gasteiger charge is 2.34. The van der Waals surface area contributed by atoms with Gasteiger partial charge in [-0.25, -0.2) is 9.18 Å². The molecule has 0 atom stereocenters. The highest BCUT2D eigenvalue weighted by atomic mass is 32.1. The smallest absolute Gasteiger partial charge is 0.348 e. The molecule has 2 amide bonds. The lowest BCUT2D eigenvalue weighted by molar-refractivity contribution is 0.0488. The van der Waals surface area contributed by atoms with Gasteiger partial charge in [-0.2, -0.15) is 0 Å². The van der Waals surface area contributed by atoms with E-state index in [9.17, 15) is 18.8 Å². The number of fused-ring (bicyclic) bond motifs is 2. The van der Waals surface area contributed by atoms with Gasteiger partial charge >= 0.3 is 5.97 Å². The van der Waals surface area contributed by atoms with Gasteiger partial charge < -0.3 is 4.74 Å². The minimum atomic E-state index is -0.544. The van der Waals surface area contributed by atoms with Crippen molar-refractivity contribution in [3.63, 3.8) is 0 Å². The number of hydrogen-bond donors (Lipinski definition) is 0. The minimum Gasteiger partial charge on any atom is -0.461 e. The molecule has 2 aromatic carbocycles. The van der Waals surface area contributed by atoms with Crippen LogP contribution in [-0.2, 0) is 4.74 Å². The maximum absolute atomic E-state index is 13.7. The number of ether oxygens (including phenoxy) is 1. The number of amides is 2. The van der Waals surface area contributed by atoms with Crippen molar-refractivity contribution in [2.75, 3.05) is 13.2 Å². The van der Waals surface area contributed by atoms with Crippen LogP contribution in [0, 0.1) is 5.82 Å². The van der Waals surface area contributed by atoms with E-state index >= 15 is 0 Å². The van der Waals surface area contributed by atoms with Crippen LogP contribution in [-0.4, -0.2) is 35.8 Å². The Kier molecular flexibility index (Phi) is 4.45. The number of benzene rings is 2. The standard InChI is InChI=1S/C20H14FNO4S/c21-15-7-3-8-16-14(15)11-17(27-16)20(25)26-10-4-9-22-18(23)12-5-1-2-6-13(12)19(22)24/h1-3,5-8,11H,4,9-10H2. The average Bonchev–Trinajstić information content (AvgIpc) is 3.21. The molecule has 7 heteroatoms. The van der Waals surface area contributed by atoms with E-state index in [0.29, 0.717) is 32.5 Å². The Morgan fingerprint density at radius 1 is 1.04 bits per heavy atom. The molecule has 136 valence electrons. The third kappa shape index (κ3) is 3.10. The van der Waals surface area contributed by atoms with Gasteiger partial charge in [0.2, 0.25) is 0 Å². The second-order valence-electron chi connectivity index (χ2n) is 6.06. The van der Waals surface area contributed by atoms with Gasteiger partial charge in [-0.1, -0.05) is 18.2 Å². The molecule has 27 heavy (non-hydrogen) atoms. The molecule has 0 N–H and O–H groups in total. The number of halogens is 1. The number of carbonyl (C=O) groups excluding carboxylic acids is 3. The van der Waals surface area contributed by atoms with Crippen LogP contribution in [0.4, 0.5) is 4.39 Å². The second-order valence-corrected chi connectivity index (χ2v) is 7.14. The fourth-order valence-corrected chi connectivity index (χ4v) is 4.00. The number of rotatable bonds is 5. The van der Waals surface area contributed by atoms with Gasteiger partial charge in [0.25, 0.3) is 11.8 Å². The van der Waals surface area contributed by atoms with Crippen molar-refractivity contribution in [1.29, 1.82) is 0 Å². The molecule has 0 radical (unpaired) electrons. The Labute approximate surface area is 158 Å². The lowest BCUT2D eigenvalue weighted by atomic mass is 10.1. The van der Waals surface area contributed by atoms with Crippen LogP contribution in [0.5, 0.6) is 0 Å². The SMILES string of the molecule is O=C(OCCCN1C(=O)c2ccccc2C1=O)c1cc2c(F)cccc2s1. The number of hydrogen-bond acceptors (Lipinski definition) is 5. The number of nitrogens with zero attached hydrogens (tertiary/aromatic N) is 1. The first kappa shape index (κ1) is 17.4. The highest BCUT2D eigenvalue weighted by Crippen LogP contribution is 2.28. The topological polar surface area (TPSA) is 63.7 Å². The predicted octanol–water partition coefficient (Wildman–Crippen LogP) is 3.88. The Morgan fingerprint density at radius 3 is 2.41 bits per heavy atom. The van der Waals surface area contributed by atoms with Gasteiger partial charge in [0.05, 0.1) is 17.7 Å². The third-order valence-corrected chi connectivity index (χ3v) is 5.43. The third-order valence-electron chi connectivity index (χ3n) is 4.35.